The van der Waals surface area contributed by atoms with Crippen molar-refractivity contribution in [1.29, 1.82) is 0 Å². The minimum absolute atomic E-state index is 0.0724. The fourth-order valence-electron chi connectivity index (χ4n) is 3.51. The molecule has 2 aromatic rings. The zero-order valence-corrected chi connectivity index (χ0v) is 16.8. The number of nitrogens with one attached hydrogen (secondary N) is 1. The molecule has 0 saturated carbocycles. The van der Waals surface area contributed by atoms with Gasteiger partial charge in [0.25, 0.3) is 5.91 Å². The van der Waals surface area contributed by atoms with Crippen molar-refractivity contribution < 1.29 is 9.53 Å². The predicted octanol–water partition coefficient (Wildman–Crippen LogP) is 1.10. The summed E-state index contributed by atoms with van der Waals surface area (Å²) < 4.78 is 5.44. The van der Waals surface area contributed by atoms with Gasteiger partial charge in [-0.25, -0.2) is 0 Å². The van der Waals surface area contributed by atoms with Crippen LogP contribution in [0.25, 0.3) is 0 Å². The van der Waals surface area contributed by atoms with Crippen molar-refractivity contribution in [3.63, 3.8) is 0 Å². The first-order chi connectivity index (χ1) is 14.2. The monoisotopic (exact) mass is 397 g/mol. The maximum Gasteiger partial charge on any atom is 0.253 e. The number of aromatic nitrogens is 3. The summed E-state index contributed by atoms with van der Waals surface area (Å²) in [7, 11) is 0. The molecule has 0 radical (unpaired) electrons. The topological polar surface area (TPSA) is 86.7 Å². The first kappa shape index (κ1) is 19.4. The molecule has 4 rings (SSSR count). The molecule has 2 fully saturated rings. The summed E-state index contributed by atoms with van der Waals surface area (Å²) in [4.78, 5) is 32.7. The Morgan fingerprint density at radius 2 is 1.55 bits per heavy atom. The van der Waals surface area contributed by atoms with Gasteiger partial charge in [0.2, 0.25) is 17.8 Å². The second kappa shape index (κ2) is 9.04. The molecule has 1 N–H and O–H groups in total. The van der Waals surface area contributed by atoms with E-state index in [-0.39, 0.29) is 5.91 Å². The molecule has 1 amide bonds. The van der Waals surface area contributed by atoms with Crippen LogP contribution in [0.5, 0.6) is 0 Å². The van der Waals surface area contributed by atoms with Gasteiger partial charge in [-0.3, -0.25) is 4.79 Å². The zero-order valence-electron chi connectivity index (χ0n) is 16.8. The van der Waals surface area contributed by atoms with Gasteiger partial charge in [0, 0.05) is 51.4 Å². The number of amides is 1. The molecule has 9 nitrogen and oxygen atoms in total. The molecule has 0 atom stereocenters. The number of hydrogen-bond donors (Lipinski definition) is 1. The number of nitrogens with zero attached hydrogens (tertiary/aromatic N) is 6. The minimum Gasteiger partial charge on any atom is -0.378 e. The largest absolute Gasteiger partial charge is 0.378 e. The van der Waals surface area contributed by atoms with Crippen LogP contribution in [0.15, 0.2) is 30.3 Å². The first-order valence-corrected chi connectivity index (χ1v) is 10.2. The standard InChI is InChI=1S/C20H27N7O2/c1-2-21-18-22-19(24-20(23-18)27-12-14-29-15-13-27)26-10-8-25(9-11-26)17(28)16-6-4-3-5-7-16/h3-7H,2,8-15H2,1H3,(H,21,22,23,24). The van der Waals surface area contributed by atoms with Gasteiger partial charge < -0.3 is 24.8 Å². The van der Waals surface area contributed by atoms with Crippen LogP contribution in [0.4, 0.5) is 17.8 Å². The number of morpholine rings is 1. The quantitative estimate of drug-likeness (QED) is 0.803. The number of carbonyl (C=O) groups excluding carboxylic acids is 1. The Balaban J connectivity index is 1.47. The van der Waals surface area contributed by atoms with Crippen LogP contribution in [-0.2, 0) is 4.74 Å². The van der Waals surface area contributed by atoms with Crippen molar-refractivity contribution in [2.24, 2.45) is 0 Å². The summed E-state index contributed by atoms with van der Waals surface area (Å²) in [5.74, 6) is 1.99. The third-order valence-corrected chi connectivity index (χ3v) is 5.11. The highest BCUT2D eigenvalue weighted by Gasteiger charge is 2.25. The number of anilines is 3. The number of hydrogen-bond acceptors (Lipinski definition) is 8. The molecule has 0 spiro atoms. The molecule has 2 aliphatic heterocycles. The number of rotatable bonds is 5. The summed E-state index contributed by atoms with van der Waals surface area (Å²) in [6.45, 7) is 8.33. The Kier molecular flexibility index (Phi) is 6.04. The van der Waals surface area contributed by atoms with Crippen LogP contribution in [0.1, 0.15) is 17.3 Å². The van der Waals surface area contributed by atoms with Gasteiger partial charge in [0.1, 0.15) is 0 Å². The van der Waals surface area contributed by atoms with Gasteiger partial charge in [-0.2, -0.15) is 15.0 Å². The molecule has 0 aliphatic carbocycles. The third-order valence-electron chi connectivity index (χ3n) is 5.11. The van der Waals surface area contributed by atoms with Gasteiger partial charge in [-0.1, -0.05) is 18.2 Å². The third kappa shape index (κ3) is 4.56. The Bertz CT molecular complexity index is 819. The Labute approximate surface area is 170 Å². The molecule has 0 unspecified atom stereocenters. The second-order valence-corrected chi connectivity index (χ2v) is 7.03. The highest BCUT2D eigenvalue weighted by molar-refractivity contribution is 5.94. The van der Waals surface area contributed by atoms with E-state index in [0.29, 0.717) is 57.2 Å². The SMILES string of the molecule is CCNc1nc(N2CCOCC2)nc(N2CCN(C(=O)c3ccccc3)CC2)n1. The number of ether oxygens (including phenoxy) is 1. The molecular weight excluding hydrogens is 370 g/mol. The van der Waals surface area contributed by atoms with Gasteiger partial charge in [-0.05, 0) is 19.1 Å². The van der Waals surface area contributed by atoms with Crippen LogP contribution >= 0.6 is 0 Å². The Morgan fingerprint density at radius 1 is 0.931 bits per heavy atom. The van der Waals surface area contributed by atoms with Crippen LogP contribution in [-0.4, -0.2) is 84.8 Å². The molecule has 3 heterocycles. The predicted molar refractivity (Wildman–Crippen MR) is 112 cm³/mol. The zero-order chi connectivity index (χ0) is 20.1. The van der Waals surface area contributed by atoms with Crippen molar-refractivity contribution >= 4 is 23.8 Å². The lowest BCUT2D eigenvalue weighted by atomic mass is 10.2. The van der Waals surface area contributed by atoms with E-state index in [2.05, 4.69) is 25.1 Å². The van der Waals surface area contributed by atoms with Crippen LogP contribution in [0.2, 0.25) is 0 Å². The van der Waals surface area contributed by atoms with Gasteiger partial charge in [0.05, 0.1) is 13.2 Å². The van der Waals surface area contributed by atoms with Crippen molar-refractivity contribution in [3.8, 4) is 0 Å². The lowest BCUT2D eigenvalue weighted by Crippen LogP contribution is -2.49. The Hall–Kier alpha value is -2.94. The van der Waals surface area contributed by atoms with Crippen molar-refractivity contribution in [2.75, 3.05) is 74.1 Å². The fourth-order valence-corrected chi connectivity index (χ4v) is 3.51. The highest BCUT2D eigenvalue weighted by Crippen LogP contribution is 2.19. The second-order valence-electron chi connectivity index (χ2n) is 7.03. The molecule has 2 saturated heterocycles. The number of carbonyl (C=O) groups is 1. The van der Waals surface area contributed by atoms with Gasteiger partial charge >= 0.3 is 0 Å². The average Bonchev–Trinajstić information content (AvgIpc) is 2.80. The first-order valence-electron chi connectivity index (χ1n) is 10.2. The number of piperazine rings is 1. The lowest BCUT2D eigenvalue weighted by Gasteiger charge is -2.35. The summed E-state index contributed by atoms with van der Waals surface area (Å²) in [6.07, 6.45) is 0. The maximum absolute atomic E-state index is 12.7. The van der Waals surface area contributed by atoms with E-state index >= 15 is 0 Å². The molecule has 1 aromatic carbocycles. The molecule has 29 heavy (non-hydrogen) atoms. The van der Waals surface area contributed by atoms with E-state index in [0.717, 1.165) is 25.2 Å². The Morgan fingerprint density at radius 3 is 2.17 bits per heavy atom. The van der Waals surface area contributed by atoms with Gasteiger partial charge in [0.15, 0.2) is 0 Å². The van der Waals surface area contributed by atoms with Crippen molar-refractivity contribution in [1.82, 2.24) is 19.9 Å². The van der Waals surface area contributed by atoms with Crippen LogP contribution in [0, 0.1) is 0 Å². The summed E-state index contributed by atoms with van der Waals surface area (Å²) >= 11 is 0. The van der Waals surface area contributed by atoms with E-state index in [1.807, 2.05) is 42.2 Å². The highest BCUT2D eigenvalue weighted by atomic mass is 16.5. The normalized spacial score (nSPS) is 17.3. The van der Waals surface area contributed by atoms with E-state index < -0.39 is 0 Å². The van der Waals surface area contributed by atoms with E-state index in [1.54, 1.807) is 0 Å². The smallest absolute Gasteiger partial charge is 0.253 e. The fraction of sp³-hybridized carbons (Fsp3) is 0.500. The molecule has 2 aliphatic rings. The van der Waals surface area contributed by atoms with E-state index in [1.165, 1.54) is 0 Å². The lowest BCUT2D eigenvalue weighted by molar-refractivity contribution is 0.0746. The average molecular weight is 397 g/mol. The molecule has 9 heteroatoms. The minimum atomic E-state index is 0.0724. The van der Waals surface area contributed by atoms with Crippen molar-refractivity contribution in [3.05, 3.63) is 35.9 Å². The molecule has 0 bridgehead atoms. The van der Waals surface area contributed by atoms with Crippen LogP contribution in [0.3, 0.4) is 0 Å². The molecular formula is C20H27N7O2. The summed E-state index contributed by atoms with van der Waals surface area (Å²) in [5.41, 5.74) is 0.727. The summed E-state index contributed by atoms with van der Waals surface area (Å²) in [6, 6.07) is 9.42. The maximum atomic E-state index is 12.7. The van der Waals surface area contributed by atoms with Gasteiger partial charge in [-0.15, -0.1) is 0 Å². The van der Waals surface area contributed by atoms with E-state index in [4.69, 9.17) is 9.72 Å². The number of benzene rings is 1. The summed E-state index contributed by atoms with van der Waals surface area (Å²) in [5, 5.41) is 3.20. The molecule has 154 valence electrons. The van der Waals surface area contributed by atoms with Crippen LogP contribution < -0.4 is 15.1 Å². The van der Waals surface area contributed by atoms with E-state index in [9.17, 15) is 4.79 Å². The van der Waals surface area contributed by atoms with Crippen molar-refractivity contribution in [2.45, 2.75) is 6.92 Å². The molecule has 1 aromatic heterocycles.